The molecule has 4 nitrogen and oxygen atoms in total. The molecule has 0 amide bonds. The van der Waals surface area contributed by atoms with Crippen LogP contribution in [0.25, 0.3) is 10.1 Å². The van der Waals surface area contributed by atoms with E-state index < -0.39 is 6.16 Å². The van der Waals surface area contributed by atoms with Gasteiger partial charge in [0.25, 0.3) is 0 Å². The molecule has 0 aliphatic carbocycles. The maximum atomic E-state index is 10.3. The highest BCUT2D eigenvalue weighted by atomic mass is 32.1. The molecule has 1 heterocycles. The van der Waals surface area contributed by atoms with Gasteiger partial charge in [-0.25, -0.2) is 4.79 Å². The predicted molar refractivity (Wildman–Crippen MR) is 55.2 cm³/mol. The van der Waals surface area contributed by atoms with Crippen LogP contribution in [0.5, 0.6) is 5.06 Å². The maximum absolute atomic E-state index is 10.3. The molecule has 0 spiro atoms. The Morgan fingerprint density at radius 3 is 3.00 bits per heavy atom. The number of ether oxygens (including phenoxy) is 1. The van der Waals surface area contributed by atoms with E-state index in [2.05, 4.69) is 4.74 Å². The molecule has 0 atom stereocenters. The van der Waals surface area contributed by atoms with Gasteiger partial charge in [-0.05, 0) is 11.5 Å². The van der Waals surface area contributed by atoms with E-state index in [0.717, 1.165) is 21.4 Å². The Bertz CT molecular complexity index is 568. The number of hydrogen-bond donors (Lipinski definition) is 1. The number of benzene rings is 1. The molecule has 5 heteroatoms. The van der Waals surface area contributed by atoms with Gasteiger partial charge in [0.2, 0.25) is 0 Å². The molecule has 1 aromatic carbocycles. The Kier molecular flexibility index (Phi) is 2.27. The molecule has 0 unspecified atom stereocenters. The summed E-state index contributed by atoms with van der Waals surface area (Å²) >= 11 is 1.15. The highest BCUT2D eigenvalue weighted by Gasteiger charge is 2.08. The van der Waals surface area contributed by atoms with Crippen LogP contribution in [-0.2, 0) is 0 Å². The fourth-order valence-corrected chi connectivity index (χ4v) is 2.23. The van der Waals surface area contributed by atoms with Gasteiger partial charge in [-0.1, -0.05) is 23.5 Å². The molecule has 2 rings (SSSR count). The Labute approximate surface area is 88.9 Å². The van der Waals surface area contributed by atoms with E-state index in [1.165, 1.54) is 0 Å². The summed E-state index contributed by atoms with van der Waals surface area (Å²) in [7, 11) is 0. The van der Waals surface area contributed by atoms with Crippen molar-refractivity contribution in [1.29, 1.82) is 5.26 Å². The van der Waals surface area contributed by atoms with Crippen molar-refractivity contribution in [2.24, 2.45) is 0 Å². The lowest BCUT2D eigenvalue weighted by Crippen LogP contribution is -2.00. The van der Waals surface area contributed by atoms with Crippen molar-refractivity contribution in [3.63, 3.8) is 0 Å². The highest BCUT2D eigenvalue weighted by molar-refractivity contribution is 7.21. The number of fused-ring (bicyclic) bond motifs is 1. The highest BCUT2D eigenvalue weighted by Crippen LogP contribution is 2.33. The topological polar surface area (TPSA) is 70.3 Å². The molecule has 1 aromatic heterocycles. The fraction of sp³-hybridized carbons (Fsp3) is 0. The molecule has 1 N–H and O–H groups in total. The monoisotopic (exact) mass is 219 g/mol. The summed E-state index contributed by atoms with van der Waals surface area (Å²) in [5, 5.41) is 18.4. The van der Waals surface area contributed by atoms with Crippen molar-refractivity contribution in [2.75, 3.05) is 0 Å². The average Bonchev–Trinajstić information content (AvgIpc) is 2.58. The third-order valence-electron chi connectivity index (χ3n) is 1.83. The standard InChI is InChI=1S/C10H5NO3S/c11-5-7-3-1-2-6-4-8(14-10(12)13)15-9(6)7/h1-4H,(H,12,13). The van der Waals surface area contributed by atoms with Gasteiger partial charge in [0.15, 0.2) is 5.06 Å². The van der Waals surface area contributed by atoms with E-state index in [9.17, 15) is 4.79 Å². The van der Waals surface area contributed by atoms with Crippen molar-refractivity contribution in [3.05, 3.63) is 29.8 Å². The van der Waals surface area contributed by atoms with Gasteiger partial charge < -0.3 is 9.84 Å². The van der Waals surface area contributed by atoms with Crippen LogP contribution in [0.15, 0.2) is 24.3 Å². The van der Waals surface area contributed by atoms with Gasteiger partial charge in [-0.15, -0.1) is 0 Å². The molecular formula is C10H5NO3S. The molecule has 0 aliphatic rings. The zero-order valence-corrected chi connectivity index (χ0v) is 8.25. The first kappa shape index (κ1) is 9.49. The number of rotatable bonds is 1. The zero-order valence-electron chi connectivity index (χ0n) is 7.43. The molecule has 0 aliphatic heterocycles. The quantitative estimate of drug-likeness (QED) is 0.748. The van der Waals surface area contributed by atoms with E-state index in [4.69, 9.17) is 10.4 Å². The number of hydrogen-bond acceptors (Lipinski definition) is 4. The second kappa shape index (κ2) is 3.59. The molecule has 0 radical (unpaired) electrons. The lowest BCUT2D eigenvalue weighted by molar-refractivity contribution is 0.146. The van der Waals surface area contributed by atoms with Gasteiger partial charge in [0.1, 0.15) is 6.07 Å². The molecule has 15 heavy (non-hydrogen) atoms. The molecule has 0 bridgehead atoms. The summed E-state index contributed by atoms with van der Waals surface area (Å²) in [5.41, 5.74) is 0.526. The molecular weight excluding hydrogens is 214 g/mol. The Morgan fingerprint density at radius 2 is 2.33 bits per heavy atom. The second-order valence-electron chi connectivity index (χ2n) is 2.77. The first-order valence-electron chi connectivity index (χ1n) is 4.04. The minimum absolute atomic E-state index is 0.278. The summed E-state index contributed by atoms with van der Waals surface area (Å²) in [6, 6.07) is 8.89. The van der Waals surface area contributed by atoms with Crippen molar-refractivity contribution < 1.29 is 14.6 Å². The zero-order chi connectivity index (χ0) is 10.8. The fourth-order valence-electron chi connectivity index (χ4n) is 1.26. The summed E-state index contributed by atoms with van der Waals surface area (Å²) in [5.74, 6) is 0. The van der Waals surface area contributed by atoms with E-state index in [1.807, 2.05) is 6.07 Å². The molecule has 0 saturated carbocycles. The van der Waals surface area contributed by atoms with E-state index in [0.29, 0.717) is 5.56 Å². The lowest BCUT2D eigenvalue weighted by atomic mass is 10.2. The smallest absolute Gasteiger partial charge is 0.449 e. The summed E-state index contributed by atoms with van der Waals surface area (Å²) in [6.07, 6.45) is -1.35. The molecule has 2 aromatic rings. The van der Waals surface area contributed by atoms with Gasteiger partial charge in [-0.2, -0.15) is 5.26 Å². The number of carbonyl (C=O) groups is 1. The Hall–Kier alpha value is -2.06. The molecule has 74 valence electrons. The second-order valence-corrected chi connectivity index (χ2v) is 3.78. The largest absolute Gasteiger partial charge is 0.512 e. The normalized spacial score (nSPS) is 9.80. The first-order valence-corrected chi connectivity index (χ1v) is 4.86. The number of thiophene rings is 1. The van der Waals surface area contributed by atoms with E-state index >= 15 is 0 Å². The summed E-state index contributed by atoms with van der Waals surface area (Å²) in [4.78, 5) is 10.3. The van der Waals surface area contributed by atoms with Crippen LogP contribution < -0.4 is 4.74 Å². The maximum Gasteiger partial charge on any atom is 0.512 e. The minimum Gasteiger partial charge on any atom is -0.449 e. The van der Waals surface area contributed by atoms with Crippen LogP contribution in [0.3, 0.4) is 0 Å². The van der Waals surface area contributed by atoms with E-state index in [-0.39, 0.29) is 5.06 Å². The first-order chi connectivity index (χ1) is 7.20. The summed E-state index contributed by atoms with van der Waals surface area (Å²) < 4.78 is 5.27. The molecule has 0 saturated heterocycles. The van der Waals surface area contributed by atoms with Crippen LogP contribution in [0, 0.1) is 11.3 Å². The molecule has 0 fully saturated rings. The van der Waals surface area contributed by atoms with Gasteiger partial charge in [0, 0.05) is 6.07 Å². The average molecular weight is 219 g/mol. The van der Waals surface area contributed by atoms with Crippen LogP contribution in [0.2, 0.25) is 0 Å². The SMILES string of the molecule is N#Cc1cccc2cc(OC(=O)O)sc12. The lowest BCUT2D eigenvalue weighted by Gasteiger charge is -1.90. The van der Waals surface area contributed by atoms with Crippen molar-refractivity contribution in [1.82, 2.24) is 0 Å². The van der Waals surface area contributed by atoms with Gasteiger partial charge in [-0.3, -0.25) is 0 Å². The number of carboxylic acid groups (broad SMARTS) is 1. The van der Waals surface area contributed by atoms with Crippen LogP contribution in [-0.4, -0.2) is 11.3 Å². The third-order valence-corrected chi connectivity index (χ3v) is 2.89. The third kappa shape index (κ3) is 1.75. The van der Waals surface area contributed by atoms with Gasteiger partial charge >= 0.3 is 6.16 Å². The summed E-state index contributed by atoms with van der Waals surface area (Å²) in [6.45, 7) is 0. The predicted octanol–water partition coefficient (Wildman–Crippen LogP) is 2.83. The van der Waals surface area contributed by atoms with Crippen LogP contribution >= 0.6 is 11.3 Å². The Balaban J connectivity index is 2.56. The van der Waals surface area contributed by atoms with Crippen molar-refractivity contribution in [3.8, 4) is 11.1 Å². The van der Waals surface area contributed by atoms with Crippen LogP contribution in [0.1, 0.15) is 5.56 Å². The minimum atomic E-state index is -1.35. The van der Waals surface area contributed by atoms with Gasteiger partial charge in [0.05, 0.1) is 10.3 Å². The van der Waals surface area contributed by atoms with Crippen molar-refractivity contribution in [2.45, 2.75) is 0 Å². The van der Waals surface area contributed by atoms with Crippen molar-refractivity contribution >= 4 is 27.6 Å². The number of nitriles is 1. The number of nitrogens with zero attached hydrogens (tertiary/aromatic N) is 1. The Morgan fingerprint density at radius 1 is 1.53 bits per heavy atom. The van der Waals surface area contributed by atoms with Crippen LogP contribution in [0.4, 0.5) is 4.79 Å². The van der Waals surface area contributed by atoms with E-state index in [1.54, 1.807) is 24.3 Å².